The fourth-order valence-electron chi connectivity index (χ4n) is 1.70. The van der Waals surface area contributed by atoms with Crippen molar-refractivity contribution < 1.29 is 9.47 Å². The molecule has 3 heteroatoms. The first-order chi connectivity index (χ1) is 7.29. The maximum Gasteiger partial charge on any atom is 0.0591 e. The lowest BCUT2D eigenvalue weighted by Crippen LogP contribution is -2.26. The fraction of sp³-hybridized carbons (Fsp3) is 1.00. The van der Waals surface area contributed by atoms with E-state index in [1.807, 2.05) is 0 Å². The van der Waals surface area contributed by atoms with Crippen molar-refractivity contribution in [2.24, 2.45) is 11.8 Å². The molecule has 1 saturated heterocycles. The Morgan fingerprint density at radius 3 is 2.73 bits per heavy atom. The Kier molecular flexibility index (Phi) is 6.98. The molecule has 1 aliphatic heterocycles. The molecule has 0 aromatic heterocycles. The first kappa shape index (κ1) is 12.9. The highest BCUT2D eigenvalue weighted by Crippen LogP contribution is 2.14. The third-order valence-corrected chi connectivity index (χ3v) is 2.67. The van der Waals surface area contributed by atoms with Gasteiger partial charge >= 0.3 is 0 Å². The van der Waals surface area contributed by atoms with Crippen molar-refractivity contribution in [3.05, 3.63) is 0 Å². The highest BCUT2D eigenvalue weighted by Gasteiger charge is 2.13. The van der Waals surface area contributed by atoms with Gasteiger partial charge in [-0.2, -0.15) is 0 Å². The van der Waals surface area contributed by atoms with Gasteiger partial charge in [0.05, 0.1) is 6.61 Å². The van der Waals surface area contributed by atoms with Crippen LogP contribution >= 0.6 is 0 Å². The second-order valence-corrected chi connectivity index (χ2v) is 4.73. The monoisotopic (exact) mass is 215 g/mol. The first-order valence-electron chi connectivity index (χ1n) is 6.15. The molecular weight excluding hydrogens is 190 g/mol. The van der Waals surface area contributed by atoms with Gasteiger partial charge in [-0.25, -0.2) is 0 Å². The molecule has 15 heavy (non-hydrogen) atoms. The van der Waals surface area contributed by atoms with E-state index in [2.05, 4.69) is 19.2 Å². The third-order valence-electron chi connectivity index (χ3n) is 2.67. The van der Waals surface area contributed by atoms with Crippen molar-refractivity contribution in [3.63, 3.8) is 0 Å². The summed E-state index contributed by atoms with van der Waals surface area (Å²) in [6.45, 7) is 10.1. The molecule has 0 spiro atoms. The van der Waals surface area contributed by atoms with Crippen molar-refractivity contribution >= 4 is 0 Å². The van der Waals surface area contributed by atoms with Crippen LogP contribution in [0.15, 0.2) is 0 Å². The number of hydrogen-bond acceptors (Lipinski definition) is 3. The smallest absolute Gasteiger partial charge is 0.0591 e. The minimum atomic E-state index is 0.723. The van der Waals surface area contributed by atoms with Crippen LogP contribution in [0.1, 0.15) is 26.7 Å². The van der Waals surface area contributed by atoms with Crippen molar-refractivity contribution in [3.8, 4) is 0 Å². The van der Waals surface area contributed by atoms with E-state index in [1.165, 1.54) is 12.8 Å². The minimum Gasteiger partial charge on any atom is -0.381 e. The summed E-state index contributed by atoms with van der Waals surface area (Å²) in [4.78, 5) is 0. The van der Waals surface area contributed by atoms with E-state index < -0.39 is 0 Å². The van der Waals surface area contributed by atoms with Gasteiger partial charge < -0.3 is 14.8 Å². The molecular formula is C12H25NO2. The van der Waals surface area contributed by atoms with Crippen LogP contribution in [0.5, 0.6) is 0 Å². The zero-order chi connectivity index (χ0) is 10.9. The Hall–Kier alpha value is -0.120. The predicted molar refractivity (Wildman–Crippen MR) is 62.1 cm³/mol. The average Bonchev–Trinajstić information content (AvgIpc) is 2.24. The van der Waals surface area contributed by atoms with Crippen LogP contribution in [0.3, 0.4) is 0 Å². The largest absolute Gasteiger partial charge is 0.381 e. The molecule has 0 aromatic carbocycles. The van der Waals surface area contributed by atoms with Crippen LogP contribution in [-0.4, -0.2) is 39.5 Å². The SMILES string of the molecule is CC(C)CNCCOCC1CCOCC1. The molecule has 3 nitrogen and oxygen atoms in total. The molecule has 1 aliphatic rings. The zero-order valence-corrected chi connectivity index (χ0v) is 10.1. The summed E-state index contributed by atoms with van der Waals surface area (Å²) >= 11 is 0. The van der Waals surface area contributed by atoms with Crippen LogP contribution < -0.4 is 5.32 Å². The maximum absolute atomic E-state index is 5.64. The van der Waals surface area contributed by atoms with E-state index in [9.17, 15) is 0 Å². The first-order valence-corrected chi connectivity index (χ1v) is 6.15. The molecule has 0 aromatic rings. The molecule has 0 aliphatic carbocycles. The van der Waals surface area contributed by atoms with Gasteiger partial charge in [-0.15, -0.1) is 0 Å². The van der Waals surface area contributed by atoms with E-state index in [0.29, 0.717) is 0 Å². The van der Waals surface area contributed by atoms with Gasteiger partial charge in [0.2, 0.25) is 0 Å². The second-order valence-electron chi connectivity index (χ2n) is 4.73. The van der Waals surface area contributed by atoms with Crippen molar-refractivity contribution in [1.29, 1.82) is 0 Å². The van der Waals surface area contributed by atoms with Gasteiger partial charge in [-0.3, -0.25) is 0 Å². The summed E-state index contributed by atoms with van der Waals surface area (Å²) in [5, 5.41) is 3.37. The van der Waals surface area contributed by atoms with Gasteiger partial charge in [0.25, 0.3) is 0 Å². The Morgan fingerprint density at radius 2 is 2.07 bits per heavy atom. The van der Waals surface area contributed by atoms with E-state index in [-0.39, 0.29) is 0 Å². The standard InChI is InChI=1S/C12H25NO2/c1-11(2)9-13-5-8-15-10-12-3-6-14-7-4-12/h11-13H,3-10H2,1-2H3. The third kappa shape index (κ3) is 6.88. The number of rotatable bonds is 7. The van der Waals surface area contributed by atoms with E-state index >= 15 is 0 Å². The zero-order valence-electron chi connectivity index (χ0n) is 10.1. The van der Waals surface area contributed by atoms with Crippen LogP contribution in [0.25, 0.3) is 0 Å². The lowest BCUT2D eigenvalue weighted by Gasteiger charge is -2.21. The van der Waals surface area contributed by atoms with Crippen molar-refractivity contribution in [1.82, 2.24) is 5.32 Å². The molecule has 0 radical (unpaired) electrons. The molecule has 1 heterocycles. The lowest BCUT2D eigenvalue weighted by molar-refractivity contribution is 0.0213. The molecule has 0 unspecified atom stereocenters. The quantitative estimate of drug-likeness (QED) is 0.655. The van der Waals surface area contributed by atoms with Crippen LogP contribution in [0, 0.1) is 11.8 Å². The number of ether oxygens (including phenoxy) is 2. The molecule has 1 rings (SSSR count). The number of hydrogen-bond donors (Lipinski definition) is 1. The maximum atomic E-state index is 5.64. The molecule has 1 N–H and O–H groups in total. The summed E-state index contributed by atoms with van der Waals surface area (Å²) in [6, 6.07) is 0. The summed E-state index contributed by atoms with van der Waals surface area (Å²) in [6.07, 6.45) is 2.33. The average molecular weight is 215 g/mol. The van der Waals surface area contributed by atoms with E-state index in [0.717, 1.165) is 51.4 Å². The van der Waals surface area contributed by atoms with Gasteiger partial charge in [0.1, 0.15) is 0 Å². The van der Waals surface area contributed by atoms with Crippen molar-refractivity contribution in [2.45, 2.75) is 26.7 Å². The van der Waals surface area contributed by atoms with Gasteiger partial charge in [0, 0.05) is 26.4 Å². The second kappa shape index (κ2) is 8.08. The summed E-state index contributed by atoms with van der Waals surface area (Å²) in [5.41, 5.74) is 0. The highest BCUT2D eigenvalue weighted by molar-refractivity contribution is 4.62. The summed E-state index contributed by atoms with van der Waals surface area (Å²) < 4.78 is 10.9. The summed E-state index contributed by atoms with van der Waals surface area (Å²) in [7, 11) is 0. The van der Waals surface area contributed by atoms with Crippen molar-refractivity contribution in [2.75, 3.05) is 39.5 Å². The van der Waals surface area contributed by atoms with Gasteiger partial charge in [0.15, 0.2) is 0 Å². The molecule has 0 bridgehead atoms. The predicted octanol–water partition coefficient (Wildman–Crippen LogP) is 1.68. The fourth-order valence-corrected chi connectivity index (χ4v) is 1.70. The van der Waals surface area contributed by atoms with Gasteiger partial charge in [-0.05, 0) is 31.2 Å². The Bertz CT molecular complexity index is 145. The number of nitrogens with one attached hydrogen (secondary N) is 1. The Morgan fingerprint density at radius 1 is 1.33 bits per heavy atom. The molecule has 0 saturated carbocycles. The molecule has 0 atom stereocenters. The summed E-state index contributed by atoms with van der Waals surface area (Å²) in [5.74, 6) is 1.45. The normalized spacial score (nSPS) is 18.6. The highest BCUT2D eigenvalue weighted by atomic mass is 16.5. The van der Waals surface area contributed by atoms with Crippen LogP contribution in [0.4, 0.5) is 0 Å². The molecule has 0 amide bonds. The topological polar surface area (TPSA) is 30.5 Å². The Balaban J connectivity index is 1.83. The Labute approximate surface area is 93.5 Å². The van der Waals surface area contributed by atoms with Crippen LogP contribution in [0.2, 0.25) is 0 Å². The molecule has 90 valence electrons. The van der Waals surface area contributed by atoms with E-state index in [1.54, 1.807) is 0 Å². The molecule has 1 fully saturated rings. The minimum absolute atomic E-state index is 0.723. The van der Waals surface area contributed by atoms with Crippen LogP contribution in [-0.2, 0) is 9.47 Å². The van der Waals surface area contributed by atoms with Gasteiger partial charge in [-0.1, -0.05) is 13.8 Å². The lowest BCUT2D eigenvalue weighted by atomic mass is 10.0. The van der Waals surface area contributed by atoms with E-state index in [4.69, 9.17) is 9.47 Å².